The molecule has 1 rings (SSSR count). The van der Waals surface area contributed by atoms with Crippen molar-refractivity contribution in [1.82, 2.24) is 5.32 Å². The van der Waals surface area contributed by atoms with Crippen molar-refractivity contribution in [2.75, 3.05) is 6.54 Å². The summed E-state index contributed by atoms with van der Waals surface area (Å²) in [6.07, 6.45) is 14.8. The zero-order valence-corrected chi connectivity index (χ0v) is 9.63. The van der Waals surface area contributed by atoms with Crippen LogP contribution >= 0.6 is 0 Å². The molecule has 0 aromatic rings. The second kappa shape index (κ2) is 8.51. The molecule has 0 atom stereocenters. The van der Waals surface area contributed by atoms with Crippen molar-refractivity contribution in [2.24, 2.45) is 0 Å². The van der Waals surface area contributed by atoms with Crippen LogP contribution in [0.4, 0.5) is 0 Å². The fourth-order valence-corrected chi connectivity index (χ4v) is 1.84. The van der Waals surface area contributed by atoms with Crippen LogP contribution in [-0.2, 0) is 4.79 Å². The molecular weight excluding hydrogens is 186 g/mol. The third-order valence-electron chi connectivity index (χ3n) is 2.81. The van der Waals surface area contributed by atoms with E-state index in [1.165, 1.54) is 25.7 Å². The zero-order valence-electron chi connectivity index (χ0n) is 9.63. The molecule has 0 fully saturated rings. The summed E-state index contributed by atoms with van der Waals surface area (Å²) < 4.78 is 0. The Kier molecular flexibility index (Phi) is 6.97. The van der Waals surface area contributed by atoms with E-state index >= 15 is 0 Å². The number of allylic oxidation sites excluding steroid dienone is 2. The van der Waals surface area contributed by atoms with Crippen molar-refractivity contribution in [3.05, 3.63) is 12.2 Å². The number of hydrogen-bond donors (Lipinski definition) is 1. The molecule has 0 saturated heterocycles. The molecule has 0 aliphatic carbocycles. The molecule has 0 aromatic heterocycles. The summed E-state index contributed by atoms with van der Waals surface area (Å²) in [5.74, 6) is 0.232. The average molecular weight is 209 g/mol. The molecule has 1 amide bonds. The summed E-state index contributed by atoms with van der Waals surface area (Å²) in [5.41, 5.74) is 0. The van der Waals surface area contributed by atoms with Gasteiger partial charge in [-0.15, -0.1) is 0 Å². The lowest BCUT2D eigenvalue weighted by atomic mass is 10.1. The van der Waals surface area contributed by atoms with Crippen LogP contribution in [0, 0.1) is 0 Å². The maximum Gasteiger partial charge on any atom is 0.219 e. The monoisotopic (exact) mass is 209 g/mol. The molecule has 2 nitrogen and oxygen atoms in total. The van der Waals surface area contributed by atoms with Gasteiger partial charge in [-0.1, -0.05) is 25.0 Å². The van der Waals surface area contributed by atoms with Crippen LogP contribution in [0.2, 0.25) is 0 Å². The minimum absolute atomic E-state index is 0.232. The second-order valence-electron chi connectivity index (χ2n) is 4.27. The molecule has 86 valence electrons. The maximum atomic E-state index is 11.3. The second-order valence-corrected chi connectivity index (χ2v) is 4.27. The van der Waals surface area contributed by atoms with Crippen molar-refractivity contribution in [2.45, 2.75) is 57.8 Å². The molecular formula is C13H23NO. The molecule has 2 heteroatoms. The fourth-order valence-electron chi connectivity index (χ4n) is 1.84. The Bertz CT molecular complexity index is 199. The van der Waals surface area contributed by atoms with Crippen LogP contribution in [0.25, 0.3) is 0 Å². The smallest absolute Gasteiger partial charge is 0.219 e. The van der Waals surface area contributed by atoms with Crippen LogP contribution in [0.1, 0.15) is 57.8 Å². The third-order valence-corrected chi connectivity index (χ3v) is 2.81. The van der Waals surface area contributed by atoms with Gasteiger partial charge in [0.05, 0.1) is 0 Å². The summed E-state index contributed by atoms with van der Waals surface area (Å²) in [7, 11) is 0. The SMILES string of the molecule is O=C1CCCC/C=C/CCCCCCN1. The molecule has 1 N–H and O–H groups in total. The van der Waals surface area contributed by atoms with Crippen molar-refractivity contribution >= 4 is 5.91 Å². The normalized spacial score (nSPS) is 23.9. The van der Waals surface area contributed by atoms with E-state index < -0.39 is 0 Å². The van der Waals surface area contributed by atoms with Gasteiger partial charge in [0.15, 0.2) is 0 Å². The lowest BCUT2D eigenvalue weighted by molar-refractivity contribution is -0.121. The number of amides is 1. The van der Waals surface area contributed by atoms with Crippen LogP contribution in [0.5, 0.6) is 0 Å². The molecule has 0 spiro atoms. The molecule has 0 radical (unpaired) electrons. The van der Waals surface area contributed by atoms with Gasteiger partial charge in [0.1, 0.15) is 0 Å². The summed E-state index contributed by atoms with van der Waals surface area (Å²) >= 11 is 0. The summed E-state index contributed by atoms with van der Waals surface area (Å²) in [6.45, 7) is 0.870. The molecule has 0 aromatic carbocycles. The lowest BCUT2D eigenvalue weighted by Gasteiger charge is -2.05. The Morgan fingerprint density at radius 3 is 2.33 bits per heavy atom. The van der Waals surface area contributed by atoms with E-state index in [-0.39, 0.29) is 5.91 Å². The highest BCUT2D eigenvalue weighted by atomic mass is 16.1. The first kappa shape index (κ1) is 12.3. The summed E-state index contributed by atoms with van der Waals surface area (Å²) in [4.78, 5) is 11.3. The molecule has 0 unspecified atom stereocenters. The number of hydrogen-bond acceptors (Lipinski definition) is 1. The van der Waals surface area contributed by atoms with Gasteiger partial charge >= 0.3 is 0 Å². The Morgan fingerprint density at radius 2 is 1.53 bits per heavy atom. The van der Waals surface area contributed by atoms with Gasteiger partial charge in [0, 0.05) is 13.0 Å². The molecule has 1 aliphatic rings. The minimum Gasteiger partial charge on any atom is -0.356 e. The Hall–Kier alpha value is -0.790. The summed E-state index contributed by atoms with van der Waals surface area (Å²) in [6, 6.07) is 0. The van der Waals surface area contributed by atoms with Crippen molar-refractivity contribution in [3.8, 4) is 0 Å². The van der Waals surface area contributed by atoms with E-state index in [1.807, 2.05) is 0 Å². The quantitative estimate of drug-likeness (QED) is 0.610. The van der Waals surface area contributed by atoms with Crippen molar-refractivity contribution in [1.29, 1.82) is 0 Å². The molecule has 15 heavy (non-hydrogen) atoms. The van der Waals surface area contributed by atoms with Crippen molar-refractivity contribution in [3.63, 3.8) is 0 Å². The first-order chi connectivity index (χ1) is 7.39. The Morgan fingerprint density at radius 1 is 0.867 bits per heavy atom. The maximum absolute atomic E-state index is 11.3. The van der Waals surface area contributed by atoms with Gasteiger partial charge in [-0.25, -0.2) is 0 Å². The largest absolute Gasteiger partial charge is 0.356 e. The van der Waals surface area contributed by atoms with E-state index in [2.05, 4.69) is 17.5 Å². The Labute approximate surface area is 93.1 Å². The minimum atomic E-state index is 0.232. The van der Waals surface area contributed by atoms with Gasteiger partial charge in [0.25, 0.3) is 0 Å². The first-order valence-electron chi connectivity index (χ1n) is 6.31. The van der Waals surface area contributed by atoms with Crippen LogP contribution in [0.3, 0.4) is 0 Å². The van der Waals surface area contributed by atoms with Crippen LogP contribution < -0.4 is 5.32 Å². The number of rotatable bonds is 0. The van der Waals surface area contributed by atoms with Crippen LogP contribution in [-0.4, -0.2) is 12.5 Å². The lowest BCUT2D eigenvalue weighted by Crippen LogP contribution is -2.23. The highest BCUT2D eigenvalue weighted by Crippen LogP contribution is 2.06. The number of nitrogens with one attached hydrogen (secondary N) is 1. The molecule has 0 saturated carbocycles. The van der Waals surface area contributed by atoms with E-state index in [4.69, 9.17) is 0 Å². The summed E-state index contributed by atoms with van der Waals surface area (Å²) in [5, 5.41) is 2.98. The molecule has 1 heterocycles. The topological polar surface area (TPSA) is 29.1 Å². The van der Waals surface area contributed by atoms with Gasteiger partial charge in [-0.2, -0.15) is 0 Å². The number of carbonyl (C=O) groups excluding carboxylic acids is 1. The average Bonchev–Trinajstić information content (AvgIpc) is 2.24. The van der Waals surface area contributed by atoms with Gasteiger partial charge in [-0.05, 0) is 38.5 Å². The molecule has 0 bridgehead atoms. The van der Waals surface area contributed by atoms with E-state index in [9.17, 15) is 4.79 Å². The first-order valence-corrected chi connectivity index (χ1v) is 6.31. The number of carbonyl (C=O) groups is 1. The standard InChI is InChI=1S/C13H23NO/c15-13-11-9-7-5-3-1-2-4-6-8-10-12-14-13/h1,3H,2,4-12H2,(H,14,15)/b3-1+. The molecule has 1 aliphatic heterocycles. The van der Waals surface area contributed by atoms with E-state index in [0.717, 1.165) is 32.2 Å². The predicted octanol–water partition coefficient (Wildman–Crippen LogP) is 3.18. The highest BCUT2D eigenvalue weighted by molar-refractivity contribution is 5.75. The van der Waals surface area contributed by atoms with Crippen LogP contribution in [0.15, 0.2) is 12.2 Å². The van der Waals surface area contributed by atoms with Gasteiger partial charge < -0.3 is 5.32 Å². The van der Waals surface area contributed by atoms with Gasteiger partial charge in [0.2, 0.25) is 5.91 Å². The Balaban J connectivity index is 2.21. The zero-order chi connectivity index (χ0) is 10.8. The third kappa shape index (κ3) is 7.18. The predicted molar refractivity (Wildman–Crippen MR) is 63.7 cm³/mol. The fraction of sp³-hybridized carbons (Fsp3) is 0.769. The van der Waals surface area contributed by atoms with Gasteiger partial charge in [-0.3, -0.25) is 4.79 Å². The van der Waals surface area contributed by atoms with E-state index in [0.29, 0.717) is 6.42 Å². The highest BCUT2D eigenvalue weighted by Gasteiger charge is 2.00. The van der Waals surface area contributed by atoms with Crippen molar-refractivity contribution < 1.29 is 4.79 Å². The van der Waals surface area contributed by atoms with E-state index in [1.54, 1.807) is 0 Å².